The third-order valence-corrected chi connectivity index (χ3v) is 4.14. The fourth-order valence-electron chi connectivity index (χ4n) is 1.92. The summed E-state index contributed by atoms with van der Waals surface area (Å²) in [4.78, 5) is 2.34. The van der Waals surface area contributed by atoms with Crippen molar-refractivity contribution in [2.75, 3.05) is 13.6 Å². The quantitative estimate of drug-likeness (QED) is 0.728. The molecule has 1 aromatic heterocycles. The van der Waals surface area contributed by atoms with E-state index in [4.69, 9.17) is 11.6 Å². The molecule has 2 aromatic rings. The number of rotatable bonds is 5. The van der Waals surface area contributed by atoms with E-state index in [0.29, 0.717) is 0 Å². The molecule has 1 nitrogen and oxygen atoms in total. The summed E-state index contributed by atoms with van der Waals surface area (Å²) in [7, 11) is 2.16. The smallest absolute Gasteiger partial charge is 0.0346 e. The van der Waals surface area contributed by atoms with Gasteiger partial charge in [0, 0.05) is 16.6 Å². The van der Waals surface area contributed by atoms with E-state index in [1.807, 2.05) is 11.3 Å². The highest BCUT2D eigenvalue weighted by molar-refractivity contribution is 7.17. The van der Waals surface area contributed by atoms with Crippen LogP contribution in [0, 0.1) is 0 Å². The van der Waals surface area contributed by atoms with E-state index in [1.165, 1.54) is 15.6 Å². The van der Waals surface area contributed by atoms with Gasteiger partial charge in [-0.2, -0.15) is 0 Å². The zero-order valence-electron chi connectivity index (χ0n) is 10.3. The second kappa shape index (κ2) is 5.85. The monoisotopic (exact) mass is 267 g/mol. The Kier molecular flexibility index (Phi) is 4.43. The largest absolute Gasteiger partial charge is 0.302 e. The number of thiophene rings is 1. The molecule has 0 aliphatic carbocycles. The number of fused-ring (bicyclic) bond motifs is 1. The SMILES string of the molecule is CC(Cl)CCN(C)Cc1csc2ccccc12. The minimum atomic E-state index is 0.261. The molecule has 2 rings (SSSR count). The van der Waals surface area contributed by atoms with Gasteiger partial charge in [0.2, 0.25) is 0 Å². The lowest BCUT2D eigenvalue weighted by Crippen LogP contribution is -2.20. The molecule has 0 spiro atoms. The zero-order valence-corrected chi connectivity index (χ0v) is 11.9. The molecule has 0 aliphatic rings. The topological polar surface area (TPSA) is 3.24 Å². The van der Waals surface area contributed by atoms with Crippen LogP contribution in [-0.2, 0) is 6.54 Å². The van der Waals surface area contributed by atoms with Crippen LogP contribution in [0.1, 0.15) is 18.9 Å². The first-order chi connectivity index (χ1) is 8.16. The van der Waals surface area contributed by atoms with Crippen molar-refractivity contribution in [1.82, 2.24) is 4.90 Å². The van der Waals surface area contributed by atoms with Gasteiger partial charge in [-0.3, -0.25) is 0 Å². The van der Waals surface area contributed by atoms with E-state index in [9.17, 15) is 0 Å². The summed E-state index contributed by atoms with van der Waals surface area (Å²) in [5.74, 6) is 0. The Labute approximate surface area is 112 Å². The van der Waals surface area contributed by atoms with Crippen molar-refractivity contribution in [3.05, 3.63) is 35.2 Å². The molecule has 0 fully saturated rings. The summed E-state index contributed by atoms with van der Waals surface area (Å²) in [6.07, 6.45) is 1.04. The van der Waals surface area contributed by atoms with Gasteiger partial charge in [-0.15, -0.1) is 22.9 Å². The maximum atomic E-state index is 5.97. The molecule has 0 N–H and O–H groups in total. The van der Waals surface area contributed by atoms with Gasteiger partial charge in [-0.1, -0.05) is 18.2 Å². The van der Waals surface area contributed by atoms with Crippen LogP contribution in [0.4, 0.5) is 0 Å². The fourth-order valence-corrected chi connectivity index (χ4v) is 2.97. The van der Waals surface area contributed by atoms with E-state index in [1.54, 1.807) is 0 Å². The van der Waals surface area contributed by atoms with Crippen LogP contribution in [-0.4, -0.2) is 23.9 Å². The summed E-state index contributed by atoms with van der Waals surface area (Å²) in [6.45, 7) is 4.11. The summed E-state index contributed by atoms with van der Waals surface area (Å²) in [5.41, 5.74) is 1.43. The molecule has 0 saturated carbocycles. The Balaban J connectivity index is 2.03. The summed E-state index contributed by atoms with van der Waals surface area (Å²) >= 11 is 7.80. The van der Waals surface area contributed by atoms with Crippen LogP contribution in [0.25, 0.3) is 10.1 Å². The second-order valence-electron chi connectivity index (χ2n) is 4.56. The summed E-state index contributed by atoms with van der Waals surface area (Å²) < 4.78 is 1.38. The molecule has 1 heterocycles. The lowest BCUT2D eigenvalue weighted by molar-refractivity contribution is 0.323. The lowest BCUT2D eigenvalue weighted by atomic mass is 10.1. The molecule has 92 valence electrons. The average Bonchev–Trinajstić information content (AvgIpc) is 2.70. The first-order valence-electron chi connectivity index (χ1n) is 5.94. The third-order valence-electron chi connectivity index (χ3n) is 2.91. The van der Waals surface area contributed by atoms with Crippen LogP contribution in [0.3, 0.4) is 0 Å². The van der Waals surface area contributed by atoms with Crippen LogP contribution in [0.15, 0.2) is 29.6 Å². The molecule has 0 aliphatic heterocycles. The van der Waals surface area contributed by atoms with Crippen molar-refractivity contribution >= 4 is 33.0 Å². The fraction of sp³-hybridized carbons (Fsp3) is 0.429. The predicted molar refractivity (Wildman–Crippen MR) is 78.1 cm³/mol. The van der Waals surface area contributed by atoms with Crippen LogP contribution >= 0.6 is 22.9 Å². The van der Waals surface area contributed by atoms with Gasteiger partial charge in [0.25, 0.3) is 0 Å². The minimum Gasteiger partial charge on any atom is -0.302 e. The Morgan fingerprint density at radius 3 is 2.88 bits per heavy atom. The number of halogens is 1. The van der Waals surface area contributed by atoms with Gasteiger partial charge in [0.15, 0.2) is 0 Å². The highest BCUT2D eigenvalue weighted by Crippen LogP contribution is 2.26. The van der Waals surface area contributed by atoms with Crippen LogP contribution in [0.5, 0.6) is 0 Å². The van der Waals surface area contributed by atoms with E-state index >= 15 is 0 Å². The van der Waals surface area contributed by atoms with E-state index in [0.717, 1.165) is 19.5 Å². The van der Waals surface area contributed by atoms with Gasteiger partial charge in [0.1, 0.15) is 0 Å². The Hall–Kier alpha value is -0.570. The number of hydrogen-bond acceptors (Lipinski definition) is 2. The van der Waals surface area contributed by atoms with Gasteiger partial charge in [-0.25, -0.2) is 0 Å². The molecular weight excluding hydrogens is 250 g/mol. The Morgan fingerprint density at radius 2 is 2.12 bits per heavy atom. The molecule has 3 heteroatoms. The molecular formula is C14H18ClNS. The molecule has 1 unspecified atom stereocenters. The predicted octanol–water partition coefficient (Wildman–Crippen LogP) is 4.35. The lowest BCUT2D eigenvalue weighted by Gasteiger charge is -2.16. The number of benzene rings is 1. The van der Waals surface area contributed by atoms with Gasteiger partial charge < -0.3 is 4.90 Å². The first-order valence-corrected chi connectivity index (χ1v) is 7.26. The number of alkyl halides is 1. The zero-order chi connectivity index (χ0) is 12.3. The highest BCUT2D eigenvalue weighted by atomic mass is 35.5. The normalized spacial score (nSPS) is 13.4. The molecule has 1 atom stereocenters. The Morgan fingerprint density at radius 1 is 1.35 bits per heavy atom. The molecule has 0 bridgehead atoms. The highest BCUT2D eigenvalue weighted by Gasteiger charge is 2.07. The molecule has 0 amide bonds. The van der Waals surface area contributed by atoms with Gasteiger partial charge >= 0.3 is 0 Å². The van der Waals surface area contributed by atoms with Gasteiger partial charge in [0.05, 0.1) is 0 Å². The Bertz CT molecular complexity index is 478. The third kappa shape index (κ3) is 3.44. The van der Waals surface area contributed by atoms with E-state index in [2.05, 4.69) is 48.5 Å². The van der Waals surface area contributed by atoms with Crippen molar-refractivity contribution in [3.8, 4) is 0 Å². The molecule has 1 aromatic carbocycles. The number of hydrogen-bond donors (Lipinski definition) is 0. The van der Waals surface area contributed by atoms with Crippen LogP contribution < -0.4 is 0 Å². The summed E-state index contributed by atoms with van der Waals surface area (Å²) in [6, 6.07) is 8.60. The maximum Gasteiger partial charge on any atom is 0.0346 e. The molecule has 17 heavy (non-hydrogen) atoms. The standard InChI is InChI=1S/C14H18ClNS/c1-11(15)7-8-16(2)9-12-10-17-14-6-4-3-5-13(12)14/h3-6,10-11H,7-9H2,1-2H3. The maximum absolute atomic E-state index is 5.97. The average molecular weight is 268 g/mol. The van der Waals surface area contributed by atoms with Crippen molar-refractivity contribution < 1.29 is 0 Å². The van der Waals surface area contributed by atoms with Crippen LogP contribution in [0.2, 0.25) is 0 Å². The van der Waals surface area contributed by atoms with E-state index in [-0.39, 0.29) is 5.38 Å². The molecule has 0 saturated heterocycles. The molecule has 0 radical (unpaired) electrons. The van der Waals surface area contributed by atoms with Crippen molar-refractivity contribution in [2.24, 2.45) is 0 Å². The first kappa shape index (κ1) is 12.9. The van der Waals surface area contributed by atoms with Crippen molar-refractivity contribution in [3.63, 3.8) is 0 Å². The van der Waals surface area contributed by atoms with Gasteiger partial charge in [-0.05, 0) is 49.3 Å². The second-order valence-corrected chi connectivity index (χ2v) is 6.22. The summed E-state index contributed by atoms with van der Waals surface area (Å²) in [5, 5.41) is 3.92. The van der Waals surface area contributed by atoms with E-state index < -0.39 is 0 Å². The number of nitrogens with zero attached hydrogens (tertiary/aromatic N) is 1. The van der Waals surface area contributed by atoms with Crippen molar-refractivity contribution in [2.45, 2.75) is 25.3 Å². The van der Waals surface area contributed by atoms with Crippen molar-refractivity contribution in [1.29, 1.82) is 0 Å². The minimum absolute atomic E-state index is 0.261.